The molecule has 5 aromatic rings. The third kappa shape index (κ3) is 3.82. The lowest BCUT2D eigenvalue weighted by atomic mass is 10.2. The number of benzene rings is 2. The molecule has 9 heteroatoms. The fourth-order valence-corrected chi connectivity index (χ4v) is 3.82. The predicted octanol–water partition coefficient (Wildman–Crippen LogP) is 4.94. The third-order valence-electron chi connectivity index (χ3n) is 4.73. The van der Waals surface area contributed by atoms with Crippen LogP contribution in [0, 0.1) is 6.92 Å². The van der Waals surface area contributed by atoms with Crippen LogP contribution in [-0.4, -0.2) is 39.0 Å². The van der Waals surface area contributed by atoms with E-state index in [1.807, 2.05) is 67.8 Å². The van der Waals surface area contributed by atoms with E-state index in [0.717, 1.165) is 33.0 Å². The Kier molecular flexibility index (Phi) is 4.79. The van der Waals surface area contributed by atoms with Crippen LogP contribution >= 0.6 is 11.3 Å². The van der Waals surface area contributed by atoms with Crippen molar-refractivity contribution in [2.75, 3.05) is 24.3 Å². The Morgan fingerprint density at radius 2 is 1.87 bits per heavy atom. The van der Waals surface area contributed by atoms with Crippen molar-refractivity contribution in [1.29, 1.82) is 0 Å². The van der Waals surface area contributed by atoms with Gasteiger partial charge in [-0.15, -0.1) is 11.3 Å². The van der Waals surface area contributed by atoms with Crippen LogP contribution < -0.4 is 15.0 Å². The van der Waals surface area contributed by atoms with Crippen LogP contribution in [0.25, 0.3) is 21.3 Å². The topological polar surface area (TPSA) is 89.0 Å². The summed E-state index contributed by atoms with van der Waals surface area (Å²) in [6.45, 7) is 2.01. The SMILES string of the molecule is Cc1cc(Nc2ncnc3cnc(N(C)C)nc23)ccc1Oc1ccc2scnc2c1. The molecule has 0 saturated carbocycles. The lowest BCUT2D eigenvalue weighted by molar-refractivity contribution is 0.479. The van der Waals surface area contributed by atoms with Crippen LogP contribution in [0.15, 0.2) is 54.4 Å². The van der Waals surface area contributed by atoms with Crippen molar-refractivity contribution < 1.29 is 4.74 Å². The van der Waals surface area contributed by atoms with Gasteiger partial charge in [0.15, 0.2) is 5.82 Å². The van der Waals surface area contributed by atoms with Gasteiger partial charge in [0.2, 0.25) is 5.95 Å². The Bertz CT molecular complexity index is 1400. The van der Waals surface area contributed by atoms with Crippen LogP contribution in [0.5, 0.6) is 11.5 Å². The summed E-state index contributed by atoms with van der Waals surface area (Å²) < 4.78 is 7.23. The van der Waals surface area contributed by atoms with Crippen molar-refractivity contribution in [2.24, 2.45) is 0 Å². The number of aromatic nitrogens is 5. The highest BCUT2D eigenvalue weighted by Crippen LogP contribution is 2.31. The number of nitrogens with zero attached hydrogens (tertiary/aromatic N) is 6. The minimum atomic E-state index is 0.599. The van der Waals surface area contributed by atoms with Crippen molar-refractivity contribution in [2.45, 2.75) is 6.92 Å². The molecule has 0 aliphatic carbocycles. The number of ether oxygens (including phenoxy) is 1. The van der Waals surface area contributed by atoms with Crippen molar-refractivity contribution in [3.63, 3.8) is 0 Å². The molecule has 1 N–H and O–H groups in total. The molecule has 3 heterocycles. The molecule has 0 bridgehead atoms. The lowest BCUT2D eigenvalue weighted by Gasteiger charge is -2.13. The average molecular weight is 430 g/mol. The number of nitrogens with one attached hydrogen (secondary N) is 1. The van der Waals surface area contributed by atoms with E-state index in [1.165, 1.54) is 6.33 Å². The second-order valence-electron chi connectivity index (χ2n) is 7.21. The van der Waals surface area contributed by atoms with Gasteiger partial charge in [0.1, 0.15) is 28.9 Å². The van der Waals surface area contributed by atoms with Crippen molar-refractivity contribution in [3.8, 4) is 11.5 Å². The number of hydrogen-bond acceptors (Lipinski definition) is 9. The molecule has 2 aromatic carbocycles. The summed E-state index contributed by atoms with van der Waals surface area (Å²) in [5.41, 5.74) is 5.99. The highest BCUT2D eigenvalue weighted by molar-refractivity contribution is 7.16. The number of aryl methyl sites for hydroxylation is 1. The Balaban J connectivity index is 1.42. The Labute approximate surface area is 182 Å². The van der Waals surface area contributed by atoms with Crippen molar-refractivity contribution >= 4 is 50.0 Å². The van der Waals surface area contributed by atoms with Gasteiger partial charge in [-0.25, -0.2) is 24.9 Å². The van der Waals surface area contributed by atoms with Crippen LogP contribution in [0.1, 0.15) is 5.56 Å². The summed E-state index contributed by atoms with van der Waals surface area (Å²) >= 11 is 1.61. The molecule has 0 radical (unpaired) electrons. The average Bonchev–Trinajstić information content (AvgIpc) is 3.23. The number of fused-ring (bicyclic) bond motifs is 2. The Morgan fingerprint density at radius 1 is 0.968 bits per heavy atom. The highest BCUT2D eigenvalue weighted by atomic mass is 32.1. The number of thiazole rings is 1. The van der Waals surface area contributed by atoms with Gasteiger partial charge < -0.3 is 15.0 Å². The van der Waals surface area contributed by atoms with Gasteiger partial charge in [-0.1, -0.05) is 0 Å². The summed E-state index contributed by atoms with van der Waals surface area (Å²) in [5.74, 6) is 2.77. The van der Waals surface area contributed by atoms with Gasteiger partial charge in [0.25, 0.3) is 0 Å². The molecule has 0 unspecified atom stereocenters. The van der Waals surface area contributed by atoms with E-state index in [4.69, 9.17) is 4.74 Å². The van der Waals surface area contributed by atoms with Gasteiger partial charge in [-0.05, 0) is 42.8 Å². The first-order chi connectivity index (χ1) is 15.1. The zero-order valence-electron chi connectivity index (χ0n) is 17.2. The fourth-order valence-electron chi connectivity index (χ4n) is 3.16. The van der Waals surface area contributed by atoms with E-state index in [0.29, 0.717) is 22.8 Å². The molecular formula is C22H19N7OS. The molecule has 0 atom stereocenters. The highest BCUT2D eigenvalue weighted by Gasteiger charge is 2.11. The normalized spacial score (nSPS) is 11.1. The third-order valence-corrected chi connectivity index (χ3v) is 5.54. The van der Waals surface area contributed by atoms with Crippen LogP contribution in [-0.2, 0) is 0 Å². The summed E-state index contributed by atoms with van der Waals surface area (Å²) in [4.78, 5) is 23.7. The lowest BCUT2D eigenvalue weighted by Crippen LogP contribution is -2.13. The quantitative estimate of drug-likeness (QED) is 0.420. The zero-order valence-corrected chi connectivity index (χ0v) is 18.0. The van der Waals surface area contributed by atoms with Crippen LogP contribution in [0.4, 0.5) is 17.5 Å². The Hall–Kier alpha value is -3.85. The van der Waals surface area contributed by atoms with E-state index in [2.05, 4.69) is 30.2 Å². The summed E-state index contributed by atoms with van der Waals surface area (Å²) in [6.07, 6.45) is 3.20. The molecule has 0 fully saturated rings. The number of rotatable bonds is 5. The van der Waals surface area contributed by atoms with Crippen LogP contribution in [0.3, 0.4) is 0 Å². The van der Waals surface area contributed by atoms with Gasteiger partial charge in [0.05, 0.1) is 21.9 Å². The molecule has 0 amide bonds. The van der Waals surface area contributed by atoms with Gasteiger partial charge in [-0.3, -0.25) is 0 Å². The summed E-state index contributed by atoms with van der Waals surface area (Å²) in [5, 5.41) is 3.34. The molecule has 0 aliphatic rings. The maximum Gasteiger partial charge on any atom is 0.225 e. The van der Waals surface area contributed by atoms with Gasteiger partial charge >= 0.3 is 0 Å². The molecule has 8 nitrogen and oxygen atoms in total. The molecule has 0 aliphatic heterocycles. The first-order valence-corrected chi connectivity index (χ1v) is 10.5. The second-order valence-corrected chi connectivity index (χ2v) is 8.10. The molecule has 5 rings (SSSR count). The molecule has 3 aromatic heterocycles. The van der Waals surface area contributed by atoms with Crippen molar-refractivity contribution in [3.05, 3.63) is 60.0 Å². The second kappa shape index (κ2) is 7.77. The van der Waals surface area contributed by atoms with Gasteiger partial charge in [0, 0.05) is 25.8 Å². The van der Waals surface area contributed by atoms with Crippen LogP contribution in [0.2, 0.25) is 0 Å². The minimum Gasteiger partial charge on any atom is -0.457 e. The standard InChI is InChI=1S/C22H19N7OS/c1-13-8-14(4-6-18(13)30-15-5-7-19-16(9-15)26-12-31-19)27-21-20-17(24-11-25-21)10-23-22(28-20)29(2)3/h4-12H,1-3H3,(H,24,25,27). The molecular weight excluding hydrogens is 410 g/mol. The molecule has 0 spiro atoms. The molecule has 154 valence electrons. The van der Waals surface area contributed by atoms with E-state index in [9.17, 15) is 0 Å². The minimum absolute atomic E-state index is 0.599. The van der Waals surface area contributed by atoms with E-state index in [-0.39, 0.29) is 0 Å². The van der Waals surface area contributed by atoms with Crippen molar-refractivity contribution in [1.82, 2.24) is 24.9 Å². The van der Waals surface area contributed by atoms with Gasteiger partial charge in [-0.2, -0.15) is 0 Å². The predicted molar refractivity (Wildman–Crippen MR) is 124 cm³/mol. The molecule has 0 saturated heterocycles. The fraction of sp³-hybridized carbons (Fsp3) is 0.136. The van der Waals surface area contributed by atoms with E-state index in [1.54, 1.807) is 17.5 Å². The maximum atomic E-state index is 6.09. The first kappa shape index (κ1) is 19.1. The number of anilines is 3. The summed E-state index contributed by atoms with van der Waals surface area (Å²) in [7, 11) is 3.79. The first-order valence-electron chi connectivity index (χ1n) is 9.61. The monoisotopic (exact) mass is 429 g/mol. The Morgan fingerprint density at radius 3 is 2.71 bits per heavy atom. The smallest absolute Gasteiger partial charge is 0.225 e. The molecule has 31 heavy (non-hydrogen) atoms. The van der Waals surface area contributed by atoms with E-state index < -0.39 is 0 Å². The maximum absolute atomic E-state index is 6.09. The van der Waals surface area contributed by atoms with E-state index >= 15 is 0 Å². The number of hydrogen-bond donors (Lipinski definition) is 1. The zero-order chi connectivity index (χ0) is 21.4. The largest absolute Gasteiger partial charge is 0.457 e. The summed E-state index contributed by atoms with van der Waals surface area (Å²) in [6, 6.07) is 11.8.